The molecule has 0 radical (unpaired) electrons. The van der Waals surface area contributed by atoms with Crippen LogP contribution >= 0.6 is 0 Å². The summed E-state index contributed by atoms with van der Waals surface area (Å²) in [7, 11) is 0. The van der Waals surface area contributed by atoms with Gasteiger partial charge in [-0.05, 0) is 44.4 Å². The van der Waals surface area contributed by atoms with Crippen molar-refractivity contribution in [2.24, 2.45) is 11.8 Å². The lowest BCUT2D eigenvalue weighted by molar-refractivity contribution is -0.142. The molecule has 1 saturated carbocycles. The summed E-state index contributed by atoms with van der Waals surface area (Å²) in [4.78, 5) is 50.5. The fraction of sp³-hybridized carbons (Fsp3) is 0.765. The molecule has 2 aliphatic heterocycles. The highest BCUT2D eigenvalue weighted by molar-refractivity contribution is 6.08. The molecule has 0 aromatic heterocycles. The molecule has 0 atom stereocenters. The summed E-state index contributed by atoms with van der Waals surface area (Å²) in [6, 6.07) is -0.547. The maximum atomic E-state index is 12.7. The van der Waals surface area contributed by atoms with E-state index in [1.165, 1.54) is 6.92 Å². The quantitative estimate of drug-likeness (QED) is 0.719. The van der Waals surface area contributed by atoms with E-state index in [4.69, 9.17) is 0 Å². The van der Waals surface area contributed by atoms with Crippen LogP contribution in [0.2, 0.25) is 0 Å². The number of carbonyl (C=O) groups excluding carboxylic acids is 4. The minimum atomic E-state index is -0.852. The van der Waals surface area contributed by atoms with Gasteiger partial charge in [-0.15, -0.1) is 0 Å². The average molecular weight is 350 g/mol. The predicted molar refractivity (Wildman–Crippen MR) is 88.9 cm³/mol. The average Bonchev–Trinajstić information content (AvgIpc) is 2.82. The number of amides is 5. The number of urea groups is 1. The van der Waals surface area contributed by atoms with E-state index in [0.29, 0.717) is 44.7 Å². The van der Waals surface area contributed by atoms with E-state index < -0.39 is 11.6 Å². The van der Waals surface area contributed by atoms with Crippen LogP contribution in [0.1, 0.15) is 52.4 Å². The molecule has 138 valence electrons. The number of hydrogen-bond donors (Lipinski definition) is 2. The Bertz CT molecular complexity index is 589. The molecule has 1 spiro atoms. The van der Waals surface area contributed by atoms with Crippen molar-refractivity contribution >= 4 is 23.8 Å². The molecule has 2 saturated heterocycles. The van der Waals surface area contributed by atoms with Gasteiger partial charge in [0, 0.05) is 25.9 Å². The lowest BCUT2D eigenvalue weighted by atomic mass is 9.77. The van der Waals surface area contributed by atoms with Gasteiger partial charge in [0.2, 0.25) is 11.8 Å². The predicted octanol–water partition coefficient (Wildman–Crippen LogP) is 0.777. The van der Waals surface area contributed by atoms with Crippen LogP contribution in [0.5, 0.6) is 0 Å². The van der Waals surface area contributed by atoms with Crippen molar-refractivity contribution in [2.75, 3.05) is 13.1 Å². The smallest absolute Gasteiger partial charge is 0.343 e. The van der Waals surface area contributed by atoms with E-state index in [-0.39, 0.29) is 23.6 Å². The van der Waals surface area contributed by atoms with Gasteiger partial charge in [-0.1, -0.05) is 6.92 Å². The lowest BCUT2D eigenvalue weighted by Gasteiger charge is -2.33. The van der Waals surface area contributed by atoms with Crippen molar-refractivity contribution in [1.82, 2.24) is 20.7 Å². The van der Waals surface area contributed by atoms with Crippen molar-refractivity contribution in [1.29, 1.82) is 0 Å². The van der Waals surface area contributed by atoms with E-state index >= 15 is 0 Å². The molecule has 5 amide bonds. The highest BCUT2D eigenvalue weighted by Crippen LogP contribution is 2.35. The van der Waals surface area contributed by atoms with Crippen molar-refractivity contribution in [3.8, 4) is 0 Å². The zero-order chi connectivity index (χ0) is 18.2. The van der Waals surface area contributed by atoms with Gasteiger partial charge in [0.15, 0.2) is 0 Å². The molecule has 0 bridgehead atoms. The van der Waals surface area contributed by atoms with E-state index in [1.54, 1.807) is 4.90 Å². The second-order valence-corrected chi connectivity index (χ2v) is 7.59. The molecular formula is C17H26N4O4. The molecule has 25 heavy (non-hydrogen) atoms. The third-order valence-corrected chi connectivity index (χ3v) is 5.82. The van der Waals surface area contributed by atoms with Gasteiger partial charge in [-0.3, -0.25) is 19.8 Å². The Balaban J connectivity index is 1.59. The molecule has 0 unspecified atom stereocenters. The van der Waals surface area contributed by atoms with Gasteiger partial charge < -0.3 is 10.2 Å². The fourth-order valence-electron chi connectivity index (χ4n) is 3.97. The van der Waals surface area contributed by atoms with Crippen molar-refractivity contribution in [2.45, 2.75) is 57.9 Å². The Morgan fingerprint density at radius 2 is 1.72 bits per heavy atom. The number of hydrogen-bond acceptors (Lipinski definition) is 4. The Labute approximate surface area is 147 Å². The lowest BCUT2D eigenvalue weighted by Crippen LogP contribution is -2.53. The maximum Gasteiger partial charge on any atom is 0.344 e. The Hall–Kier alpha value is -2.12. The summed E-state index contributed by atoms with van der Waals surface area (Å²) in [5.74, 6) is -0.419. The monoisotopic (exact) mass is 350 g/mol. The molecule has 0 aromatic carbocycles. The highest BCUT2D eigenvalue weighted by atomic mass is 16.2. The number of imide groups is 1. The van der Waals surface area contributed by atoms with Crippen molar-refractivity contribution < 1.29 is 19.2 Å². The largest absolute Gasteiger partial charge is 0.344 e. The maximum absolute atomic E-state index is 12.7. The van der Waals surface area contributed by atoms with Crippen molar-refractivity contribution in [3.05, 3.63) is 0 Å². The number of carbonyl (C=O) groups is 4. The van der Waals surface area contributed by atoms with Gasteiger partial charge in [-0.25, -0.2) is 4.79 Å². The van der Waals surface area contributed by atoms with Gasteiger partial charge >= 0.3 is 6.03 Å². The van der Waals surface area contributed by atoms with Gasteiger partial charge in [0.25, 0.3) is 5.91 Å². The zero-order valence-corrected chi connectivity index (χ0v) is 14.8. The summed E-state index contributed by atoms with van der Waals surface area (Å²) in [5.41, 5.74) is 1.65. The molecule has 0 aromatic rings. The molecule has 3 aliphatic rings. The third kappa shape index (κ3) is 3.34. The number of piperidine rings is 1. The zero-order valence-electron chi connectivity index (χ0n) is 14.8. The summed E-state index contributed by atoms with van der Waals surface area (Å²) < 4.78 is 0. The van der Waals surface area contributed by atoms with Crippen molar-refractivity contribution in [3.63, 3.8) is 0 Å². The first-order valence-electron chi connectivity index (χ1n) is 9.05. The number of nitrogens with zero attached hydrogens (tertiary/aromatic N) is 2. The van der Waals surface area contributed by atoms with Gasteiger partial charge in [0.1, 0.15) is 5.54 Å². The minimum absolute atomic E-state index is 0.00132. The minimum Gasteiger partial charge on any atom is -0.343 e. The summed E-state index contributed by atoms with van der Waals surface area (Å²) in [6.45, 7) is 4.70. The summed E-state index contributed by atoms with van der Waals surface area (Å²) in [6.07, 6.45) is 4.08. The molecule has 1 aliphatic carbocycles. The molecule has 3 fully saturated rings. The van der Waals surface area contributed by atoms with Crippen LogP contribution in [0.3, 0.4) is 0 Å². The van der Waals surface area contributed by atoms with E-state index in [2.05, 4.69) is 17.7 Å². The van der Waals surface area contributed by atoms with Gasteiger partial charge in [-0.2, -0.15) is 5.01 Å². The summed E-state index contributed by atoms with van der Waals surface area (Å²) >= 11 is 0. The normalized spacial score (nSPS) is 30.6. The number of likely N-dealkylation sites (tertiary alicyclic amines) is 1. The fourth-order valence-corrected chi connectivity index (χ4v) is 3.97. The summed E-state index contributed by atoms with van der Waals surface area (Å²) in [5, 5.41) is 3.65. The molecule has 8 nitrogen and oxygen atoms in total. The SMILES string of the molecule is CC(=O)N1CCC(C(=O)NN2C(=O)NC3(CCC(C)CC3)C2=O)CC1. The molecule has 8 heteroatoms. The van der Waals surface area contributed by atoms with Crippen LogP contribution in [-0.2, 0) is 14.4 Å². The second kappa shape index (κ2) is 6.65. The topological polar surface area (TPSA) is 98.8 Å². The Morgan fingerprint density at radius 1 is 1.12 bits per heavy atom. The first kappa shape index (κ1) is 17.7. The van der Waals surface area contributed by atoms with Crippen LogP contribution < -0.4 is 10.7 Å². The Morgan fingerprint density at radius 3 is 2.28 bits per heavy atom. The first-order chi connectivity index (χ1) is 11.8. The van der Waals surface area contributed by atoms with Crippen LogP contribution in [0.25, 0.3) is 0 Å². The third-order valence-electron chi connectivity index (χ3n) is 5.82. The van der Waals surface area contributed by atoms with Crippen LogP contribution in [0.15, 0.2) is 0 Å². The highest BCUT2D eigenvalue weighted by Gasteiger charge is 2.53. The number of hydrazine groups is 1. The van der Waals surface area contributed by atoms with Crippen LogP contribution in [0, 0.1) is 11.8 Å². The Kier molecular flexibility index (Phi) is 4.71. The first-order valence-corrected chi connectivity index (χ1v) is 9.05. The van der Waals surface area contributed by atoms with Crippen LogP contribution in [0.4, 0.5) is 4.79 Å². The van der Waals surface area contributed by atoms with Crippen LogP contribution in [-0.4, -0.2) is 52.3 Å². The van der Waals surface area contributed by atoms with E-state index in [9.17, 15) is 19.2 Å². The molecule has 2 N–H and O–H groups in total. The molecular weight excluding hydrogens is 324 g/mol. The second-order valence-electron chi connectivity index (χ2n) is 7.59. The van der Waals surface area contributed by atoms with E-state index in [1.807, 2.05) is 0 Å². The number of nitrogens with one attached hydrogen (secondary N) is 2. The van der Waals surface area contributed by atoms with Gasteiger partial charge in [0.05, 0.1) is 0 Å². The molecule has 3 rings (SSSR count). The standard InChI is InChI=1S/C17H26N4O4/c1-11-3-7-17(8-4-11)15(24)21(16(25)18-17)19-14(23)13-5-9-20(10-6-13)12(2)22/h11,13H,3-10H2,1-2H3,(H,18,25)(H,19,23). The van der Waals surface area contributed by atoms with E-state index in [0.717, 1.165) is 17.9 Å². The number of rotatable bonds is 2. The molecule has 2 heterocycles.